The number of rotatable bonds is 6. The zero-order valence-corrected chi connectivity index (χ0v) is 10.3. The molecule has 1 rings (SSSR count). The van der Waals surface area contributed by atoms with E-state index in [1.807, 2.05) is 13.8 Å². The summed E-state index contributed by atoms with van der Waals surface area (Å²) >= 11 is 0. The van der Waals surface area contributed by atoms with Crippen LogP contribution < -0.4 is 5.32 Å². The van der Waals surface area contributed by atoms with E-state index in [0.717, 1.165) is 12.1 Å². The standard InChI is InChI=1S/C13H19F2NO/c1-13(2,9-17)8-16-6-5-10-7-11(14)3-4-12(10)15/h3-4,7,16-17H,5-6,8-9H2,1-2H3. The predicted molar refractivity (Wildman–Crippen MR) is 63.8 cm³/mol. The second-order valence-electron chi connectivity index (χ2n) is 4.98. The van der Waals surface area contributed by atoms with Crippen LogP contribution in [0.3, 0.4) is 0 Å². The monoisotopic (exact) mass is 243 g/mol. The largest absolute Gasteiger partial charge is 0.396 e. The van der Waals surface area contributed by atoms with Crippen LogP contribution in [0.4, 0.5) is 8.78 Å². The summed E-state index contributed by atoms with van der Waals surface area (Å²) in [4.78, 5) is 0. The van der Waals surface area contributed by atoms with Gasteiger partial charge in [-0.15, -0.1) is 0 Å². The van der Waals surface area contributed by atoms with Crippen molar-refractivity contribution in [3.05, 3.63) is 35.4 Å². The number of aliphatic hydroxyl groups excluding tert-OH is 1. The highest BCUT2D eigenvalue weighted by molar-refractivity contribution is 5.18. The third-order valence-electron chi connectivity index (χ3n) is 2.61. The minimum atomic E-state index is -0.419. The lowest BCUT2D eigenvalue weighted by Crippen LogP contribution is -2.33. The maximum Gasteiger partial charge on any atom is 0.126 e. The van der Waals surface area contributed by atoms with Crippen molar-refractivity contribution in [1.82, 2.24) is 5.32 Å². The lowest BCUT2D eigenvalue weighted by Gasteiger charge is -2.21. The Bertz CT molecular complexity index is 366. The summed E-state index contributed by atoms with van der Waals surface area (Å²) in [6, 6.07) is 3.47. The van der Waals surface area contributed by atoms with Crippen molar-refractivity contribution in [2.24, 2.45) is 5.41 Å². The molecule has 0 radical (unpaired) electrons. The first-order chi connectivity index (χ1) is 7.94. The molecule has 0 bridgehead atoms. The molecule has 0 heterocycles. The number of nitrogens with one attached hydrogen (secondary N) is 1. The number of aliphatic hydroxyl groups is 1. The molecule has 0 unspecified atom stereocenters. The Kier molecular flexibility index (Phi) is 5.02. The number of benzene rings is 1. The molecule has 0 saturated heterocycles. The Morgan fingerprint density at radius 2 is 2.00 bits per heavy atom. The van der Waals surface area contributed by atoms with E-state index < -0.39 is 5.82 Å². The van der Waals surface area contributed by atoms with Crippen molar-refractivity contribution in [1.29, 1.82) is 0 Å². The quantitative estimate of drug-likeness (QED) is 0.750. The van der Waals surface area contributed by atoms with Gasteiger partial charge in [-0.1, -0.05) is 13.8 Å². The fourth-order valence-corrected chi connectivity index (χ4v) is 1.44. The molecule has 17 heavy (non-hydrogen) atoms. The molecule has 96 valence electrons. The van der Waals surface area contributed by atoms with Crippen LogP contribution in [0.1, 0.15) is 19.4 Å². The summed E-state index contributed by atoms with van der Waals surface area (Å²) in [7, 11) is 0. The van der Waals surface area contributed by atoms with Gasteiger partial charge in [0.2, 0.25) is 0 Å². The molecule has 2 N–H and O–H groups in total. The first-order valence-electron chi connectivity index (χ1n) is 5.70. The van der Waals surface area contributed by atoms with E-state index in [1.165, 1.54) is 6.07 Å². The van der Waals surface area contributed by atoms with Gasteiger partial charge in [0.15, 0.2) is 0 Å². The first kappa shape index (κ1) is 14.1. The van der Waals surface area contributed by atoms with E-state index in [4.69, 9.17) is 5.11 Å². The molecule has 0 amide bonds. The first-order valence-corrected chi connectivity index (χ1v) is 5.70. The molecule has 1 aromatic carbocycles. The Morgan fingerprint density at radius 1 is 1.29 bits per heavy atom. The molecule has 2 nitrogen and oxygen atoms in total. The Hall–Kier alpha value is -1.00. The normalized spacial score (nSPS) is 11.8. The van der Waals surface area contributed by atoms with Crippen LogP contribution in [0.15, 0.2) is 18.2 Å². The van der Waals surface area contributed by atoms with Crippen molar-refractivity contribution in [3.63, 3.8) is 0 Å². The molecule has 4 heteroatoms. The van der Waals surface area contributed by atoms with Gasteiger partial charge in [-0.25, -0.2) is 8.78 Å². The maximum atomic E-state index is 13.3. The molecule has 0 saturated carbocycles. The fourth-order valence-electron chi connectivity index (χ4n) is 1.44. The molecule has 0 spiro atoms. The number of hydrogen-bond donors (Lipinski definition) is 2. The molecule has 0 aliphatic carbocycles. The van der Waals surface area contributed by atoms with Crippen LogP contribution in [0.5, 0.6) is 0 Å². The van der Waals surface area contributed by atoms with E-state index in [-0.39, 0.29) is 17.8 Å². The third-order valence-corrected chi connectivity index (χ3v) is 2.61. The molecule has 0 fully saturated rings. The molecule has 0 atom stereocenters. The Labute approximate surface area is 101 Å². The molecule has 0 aliphatic heterocycles. The van der Waals surface area contributed by atoms with Crippen molar-refractivity contribution in [2.75, 3.05) is 19.7 Å². The lowest BCUT2D eigenvalue weighted by atomic mass is 9.95. The van der Waals surface area contributed by atoms with Gasteiger partial charge >= 0.3 is 0 Å². The maximum absolute atomic E-state index is 13.3. The second-order valence-corrected chi connectivity index (χ2v) is 4.98. The summed E-state index contributed by atoms with van der Waals surface area (Å²) in [5.41, 5.74) is 0.180. The van der Waals surface area contributed by atoms with Crippen LogP contribution in [0, 0.1) is 17.0 Å². The summed E-state index contributed by atoms with van der Waals surface area (Å²) in [5.74, 6) is -0.799. The molecule has 0 aromatic heterocycles. The average Bonchev–Trinajstić information content (AvgIpc) is 2.29. The van der Waals surface area contributed by atoms with Crippen molar-refractivity contribution >= 4 is 0 Å². The van der Waals surface area contributed by atoms with E-state index in [0.29, 0.717) is 25.1 Å². The topological polar surface area (TPSA) is 32.3 Å². The van der Waals surface area contributed by atoms with Crippen molar-refractivity contribution in [2.45, 2.75) is 20.3 Å². The summed E-state index contributed by atoms with van der Waals surface area (Å²) in [6.45, 7) is 5.16. The van der Waals surface area contributed by atoms with Crippen LogP contribution >= 0.6 is 0 Å². The van der Waals surface area contributed by atoms with Gasteiger partial charge in [0.05, 0.1) is 0 Å². The zero-order valence-electron chi connectivity index (χ0n) is 10.3. The number of halogens is 2. The van der Waals surface area contributed by atoms with E-state index in [9.17, 15) is 8.78 Å². The van der Waals surface area contributed by atoms with E-state index in [2.05, 4.69) is 5.32 Å². The highest BCUT2D eigenvalue weighted by Gasteiger charge is 2.15. The predicted octanol–water partition coefficient (Wildman–Crippen LogP) is 2.12. The highest BCUT2D eigenvalue weighted by atomic mass is 19.1. The van der Waals surface area contributed by atoms with Gasteiger partial charge in [-0.2, -0.15) is 0 Å². The average molecular weight is 243 g/mol. The SMILES string of the molecule is CC(C)(CO)CNCCc1cc(F)ccc1F. The Morgan fingerprint density at radius 3 is 2.65 bits per heavy atom. The van der Waals surface area contributed by atoms with Crippen LogP contribution in [0.25, 0.3) is 0 Å². The molecular formula is C13H19F2NO. The zero-order chi connectivity index (χ0) is 12.9. The summed E-state index contributed by atoms with van der Waals surface area (Å²) in [6.07, 6.45) is 0.436. The van der Waals surface area contributed by atoms with Crippen LogP contribution in [0.2, 0.25) is 0 Å². The van der Waals surface area contributed by atoms with Gasteiger partial charge in [-0.05, 0) is 36.7 Å². The van der Waals surface area contributed by atoms with Gasteiger partial charge < -0.3 is 10.4 Å². The van der Waals surface area contributed by atoms with Gasteiger partial charge in [0, 0.05) is 18.6 Å². The second kappa shape index (κ2) is 6.07. The Balaban J connectivity index is 2.38. The van der Waals surface area contributed by atoms with Gasteiger partial charge in [0.25, 0.3) is 0 Å². The third kappa shape index (κ3) is 4.79. The molecule has 1 aromatic rings. The van der Waals surface area contributed by atoms with Crippen LogP contribution in [-0.4, -0.2) is 24.8 Å². The number of hydrogen-bond acceptors (Lipinski definition) is 2. The molecule has 0 aliphatic rings. The lowest BCUT2D eigenvalue weighted by molar-refractivity contribution is 0.157. The van der Waals surface area contributed by atoms with Gasteiger partial charge in [-0.3, -0.25) is 0 Å². The minimum absolute atomic E-state index is 0.0916. The highest BCUT2D eigenvalue weighted by Crippen LogP contribution is 2.12. The van der Waals surface area contributed by atoms with E-state index >= 15 is 0 Å². The van der Waals surface area contributed by atoms with Crippen LogP contribution in [-0.2, 0) is 6.42 Å². The smallest absolute Gasteiger partial charge is 0.126 e. The van der Waals surface area contributed by atoms with Gasteiger partial charge in [0.1, 0.15) is 11.6 Å². The minimum Gasteiger partial charge on any atom is -0.396 e. The van der Waals surface area contributed by atoms with E-state index in [1.54, 1.807) is 0 Å². The summed E-state index contributed by atoms with van der Waals surface area (Å²) in [5, 5.41) is 12.2. The summed E-state index contributed by atoms with van der Waals surface area (Å²) < 4.78 is 26.1. The van der Waals surface area contributed by atoms with Crippen molar-refractivity contribution in [3.8, 4) is 0 Å². The van der Waals surface area contributed by atoms with Crippen molar-refractivity contribution < 1.29 is 13.9 Å². The molecular weight excluding hydrogens is 224 g/mol. The fraction of sp³-hybridized carbons (Fsp3) is 0.538.